The molecule has 0 N–H and O–H groups in total. The third kappa shape index (κ3) is 3.27. The highest BCUT2D eigenvalue weighted by Gasteiger charge is 2.22. The lowest BCUT2D eigenvalue weighted by atomic mass is 10.2. The Kier molecular flexibility index (Phi) is 4.78. The van der Waals surface area contributed by atoms with E-state index >= 15 is 0 Å². The van der Waals surface area contributed by atoms with E-state index in [-0.39, 0.29) is 6.10 Å². The molecule has 0 radical (unpaired) electrons. The van der Waals surface area contributed by atoms with Crippen molar-refractivity contribution in [2.45, 2.75) is 32.8 Å². The molecule has 26 heavy (non-hydrogen) atoms. The molecular weight excluding hydrogens is 350 g/mol. The normalized spacial score (nSPS) is 17.1. The van der Waals surface area contributed by atoms with Crippen molar-refractivity contribution in [1.82, 2.24) is 19.7 Å². The van der Waals surface area contributed by atoms with Crippen molar-refractivity contribution in [3.05, 3.63) is 41.3 Å². The molecule has 1 aliphatic rings. The first-order chi connectivity index (χ1) is 12.7. The zero-order chi connectivity index (χ0) is 18.1. The van der Waals surface area contributed by atoms with E-state index in [0.717, 1.165) is 60.9 Å². The predicted molar refractivity (Wildman–Crippen MR) is 103 cm³/mol. The fourth-order valence-corrected chi connectivity index (χ4v) is 3.62. The zero-order valence-electron chi connectivity index (χ0n) is 15.0. The summed E-state index contributed by atoms with van der Waals surface area (Å²) in [5.41, 5.74) is 1.68. The summed E-state index contributed by atoms with van der Waals surface area (Å²) in [6.45, 7) is 6.60. The van der Waals surface area contributed by atoms with Crippen LogP contribution in [0.25, 0.3) is 16.7 Å². The van der Waals surface area contributed by atoms with Gasteiger partial charge in [-0.15, -0.1) is 0 Å². The van der Waals surface area contributed by atoms with Gasteiger partial charge in [0.1, 0.15) is 11.6 Å². The van der Waals surface area contributed by atoms with E-state index in [4.69, 9.17) is 21.3 Å². The number of rotatable bonds is 5. The van der Waals surface area contributed by atoms with Crippen LogP contribution in [0, 0.1) is 6.92 Å². The minimum atomic E-state index is 0.267. The topological polar surface area (TPSA) is 56.1 Å². The number of likely N-dealkylation sites (N-methyl/N-ethyl adjacent to an activating group) is 1. The highest BCUT2D eigenvalue weighted by Crippen LogP contribution is 2.27. The molecule has 1 aliphatic heterocycles. The van der Waals surface area contributed by atoms with Gasteiger partial charge < -0.3 is 9.64 Å². The second-order valence-corrected chi connectivity index (χ2v) is 6.98. The number of halogens is 1. The Morgan fingerprint density at radius 3 is 2.96 bits per heavy atom. The van der Waals surface area contributed by atoms with Crippen molar-refractivity contribution in [3.63, 3.8) is 0 Å². The minimum Gasteiger partial charge on any atom is -0.376 e. The number of anilines is 1. The van der Waals surface area contributed by atoms with Crippen LogP contribution in [0.3, 0.4) is 0 Å². The van der Waals surface area contributed by atoms with E-state index in [2.05, 4.69) is 21.9 Å². The Morgan fingerprint density at radius 2 is 2.23 bits per heavy atom. The van der Waals surface area contributed by atoms with Crippen LogP contribution in [0.1, 0.15) is 25.6 Å². The van der Waals surface area contributed by atoms with Crippen molar-refractivity contribution >= 4 is 28.5 Å². The molecule has 3 heterocycles. The van der Waals surface area contributed by atoms with E-state index in [1.807, 2.05) is 42.1 Å². The molecule has 136 valence electrons. The number of aromatic nitrogens is 4. The number of hydrogen-bond acceptors (Lipinski definition) is 5. The number of nitrogens with zero attached hydrogens (tertiary/aromatic N) is 5. The van der Waals surface area contributed by atoms with Gasteiger partial charge in [-0.05, 0) is 44.9 Å². The summed E-state index contributed by atoms with van der Waals surface area (Å²) in [7, 11) is 0. The second kappa shape index (κ2) is 7.21. The fraction of sp³-hybridized carbons (Fsp3) is 0.421. The highest BCUT2D eigenvalue weighted by molar-refractivity contribution is 6.30. The quantitative estimate of drug-likeness (QED) is 0.683. The molecule has 1 fully saturated rings. The summed E-state index contributed by atoms with van der Waals surface area (Å²) in [6.07, 6.45) is 4.34. The maximum atomic E-state index is 6.15. The summed E-state index contributed by atoms with van der Waals surface area (Å²) in [5.74, 6) is 1.64. The average molecular weight is 372 g/mol. The van der Waals surface area contributed by atoms with E-state index < -0.39 is 0 Å². The maximum Gasteiger partial charge on any atom is 0.168 e. The summed E-state index contributed by atoms with van der Waals surface area (Å²) in [5, 5.41) is 6.17. The number of ether oxygens (including phenoxy) is 1. The molecule has 1 saturated heterocycles. The lowest BCUT2D eigenvalue weighted by Crippen LogP contribution is -2.33. The van der Waals surface area contributed by atoms with Crippen molar-refractivity contribution in [2.75, 3.05) is 24.6 Å². The van der Waals surface area contributed by atoms with Gasteiger partial charge in [-0.25, -0.2) is 14.6 Å². The molecule has 0 saturated carbocycles. The van der Waals surface area contributed by atoms with Crippen LogP contribution in [0.15, 0.2) is 30.5 Å². The molecular formula is C19H22ClN5O. The van der Waals surface area contributed by atoms with Crippen molar-refractivity contribution < 1.29 is 4.74 Å². The van der Waals surface area contributed by atoms with E-state index in [0.29, 0.717) is 5.02 Å². The molecule has 2 aromatic heterocycles. The molecule has 0 amide bonds. The molecule has 4 rings (SSSR count). The summed E-state index contributed by atoms with van der Waals surface area (Å²) >= 11 is 6.15. The van der Waals surface area contributed by atoms with Gasteiger partial charge >= 0.3 is 0 Å². The Bertz CT molecular complexity index is 919. The van der Waals surface area contributed by atoms with Crippen LogP contribution in [-0.2, 0) is 4.74 Å². The lowest BCUT2D eigenvalue weighted by Gasteiger charge is -2.25. The van der Waals surface area contributed by atoms with Crippen LogP contribution in [0.2, 0.25) is 5.02 Å². The minimum absolute atomic E-state index is 0.267. The molecule has 1 atom stereocenters. The summed E-state index contributed by atoms with van der Waals surface area (Å²) in [4.78, 5) is 11.6. The van der Waals surface area contributed by atoms with Crippen molar-refractivity contribution in [1.29, 1.82) is 0 Å². The van der Waals surface area contributed by atoms with Crippen molar-refractivity contribution in [2.24, 2.45) is 0 Å². The van der Waals surface area contributed by atoms with Crippen LogP contribution < -0.4 is 4.90 Å². The third-order valence-electron chi connectivity index (χ3n) is 4.70. The van der Waals surface area contributed by atoms with E-state index in [9.17, 15) is 0 Å². The zero-order valence-corrected chi connectivity index (χ0v) is 15.8. The molecule has 0 aliphatic carbocycles. The van der Waals surface area contributed by atoms with Gasteiger partial charge in [0.25, 0.3) is 0 Å². The predicted octanol–water partition coefficient (Wildman–Crippen LogP) is 3.78. The van der Waals surface area contributed by atoms with Gasteiger partial charge in [0.05, 0.1) is 23.4 Å². The van der Waals surface area contributed by atoms with Gasteiger partial charge in [0, 0.05) is 24.7 Å². The first-order valence-electron chi connectivity index (χ1n) is 9.00. The van der Waals surface area contributed by atoms with Crippen LogP contribution in [0.4, 0.5) is 5.82 Å². The Hall–Kier alpha value is -2.18. The smallest absolute Gasteiger partial charge is 0.168 e. The maximum absolute atomic E-state index is 6.15. The molecule has 6 nitrogen and oxygen atoms in total. The van der Waals surface area contributed by atoms with Crippen LogP contribution in [0.5, 0.6) is 0 Å². The number of benzene rings is 1. The second-order valence-electron chi connectivity index (χ2n) is 6.54. The number of hydrogen-bond donors (Lipinski definition) is 0. The fourth-order valence-electron chi connectivity index (χ4n) is 3.44. The largest absolute Gasteiger partial charge is 0.376 e. The van der Waals surface area contributed by atoms with Gasteiger partial charge in [0.15, 0.2) is 5.65 Å². The van der Waals surface area contributed by atoms with Gasteiger partial charge in [-0.3, -0.25) is 0 Å². The summed E-state index contributed by atoms with van der Waals surface area (Å²) < 4.78 is 7.63. The molecule has 0 spiro atoms. The molecule has 7 heteroatoms. The first-order valence-corrected chi connectivity index (χ1v) is 9.38. The van der Waals surface area contributed by atoms with Crippen molar-refractivity contribution in [3.8, 4) is 5.69 Å². The Labute approximate surface area is 157 Å². The molecule has 1 unspecified atom stereocenters. The third-order valence-corrected chi connectivity index (χ3v) is 4.94. The first kappa shape index (κ1) is 17.2. The van der Waals surface area contributed by atoms with Gasteiger partial charge in [0.2, 0.25) is 0 Å². The Morgan fingerprint density at radius 1 is 1.35 bits per heavy atom. The van der Waals surface area contributed by atoms with Gasteiger partial charge in [-0.1, -0.05) is 17.7 Å². The van der Waals surface area contributed by atoms with E-state index in [1.54, 1.807) is 0 Å². The lowest BCUT2D eigenvalue weighted by molar-refractivity contribution is 0.115. The van der Waals surface area contributed by atoms with Crippen LogP contribution in [-0.4, -0.2) is 45.5 Å². The van der Waals surface area contributed by atoms with Crippen LogP contribution >= 0.6 is 11.6 Å². The number of aryl methyl sites for hydroxylation is 1. The standard InChI is InChI=1S/C19H22ClN5O/c1-3-24(12-16-8-5-9-26-16)18-17-11-21-25(19(17)23-13(2)22-18)15-7-4-6-14(20)10-15/h4,6-7,10-11,16H,3,5,8-9,12H2,1-2H3. The van der Waals surface area contributed by atoms with E-state index in [1.165, 1.54) is 0 Å². The Balaban J connectivity index is 1.78. The SMILES string of the molecule is CCN(CC1CCCO1)c1nc(C)nc2c1cnn2-c1cccc(Cl)c1. The summed E-state index contributed by atoms with van der Waals surface area (Å²) in [6, 6.07) is 7.62. The molecule has 1 aromatic carbocycles. The highest BCUT2D eigenvalue weighted by atomic mass is 35.5. The monoisotopic (exact) mass is 371 g/mol. The average Bonchev–Trinajstić information content (AvgIpc) is 3.28. The molecule has 0 bridgehead atoms. The molecule has 3 aromatic rings. The van der Waals surface area contributed by atoms with Gasteiger partial charge in [-0.2, -0.15) is 5.10 Å². The number of fused-ring (bicyclic) bond motifs is 1.